The lowest BCUT2D eigenvalue weighted by Gasteiger charge is -2.08. The smallest absolute Gasteiger partial charge is 0.197 e. The maximum Gasteiger partial charge on any atom is 0.197 e. The summed E-state index contributed by atoms with van der Waals surface area (Å²) < 4.78 is 5.94. The van der Waals surface area contributed by atoms with Gasteiger partial charge in [0.1, 0.15) is 22.5 Å². The Kier molecular flexibility index (Phi) is 3.62. The minimum atomic E-state index is -0.256. The highest BCUT2D eigenvalue weighted by Crippen LogP contribution is 2.32. The van der Waals surface area contributed by atoms with Crippen molar-refractivity contribution in [3.05, 3.63) is 88.6 Å². The van der Waals surface area contributed by atoms with Gasteiger partial charge in [-0.05, 0) is 30.2 Å². The number of benzene rings is 3. The summed E-state index contributed by atoms with van der Waals surface area (Å²) in [5.74, 6) is 0.417. The zero-order chi connectivity index (χ0) is 17.4. The molecule has 1 N–H and O–H groups in total. The van der Waals surface area contributed by atoms with Crippen molar-refractivity contribution in [2.24, 2.45) is 0 Å². The summed E-state index contributed by atoms with van der Waals surface area (Å²) in [4.78, 5) is 12.5. The number of hydrogen-bond donors (Lipinski definition) is 1. The van der Waals surface area contributed by atoms with Gasteiger partial charge in [-0.2, -0.15) is 0 Å². The van der Waals surface area contributed by atoms with Gasteiger partial charge in [-0.25, -0.2) is 0 Å². The van der Waals surface area contributed by atoms with Crippen LogP contribution in [0.4, 0.5) is 0 Å². The van der Waals surface area contributed by atoms with E-state index in [9.17, 15) is 9.90 Å². The van der Waals surface area contributed by atoms with Crippen LogP contribution in [-0.2, 0) is 0 Å². The Hall–Kier alpha value is -3.33. The van der Waals surface area contributed by atoms with Crippen molar-refractivity contribution in [3.8, 4) is 28.2 Å². The van der Waals surface area contributed by atoms with Gasteiger partial charge in [-0.15, -0.1) is 0 Å². The number of aryl methyl sites for hydroxylation is 1. The first-order valence-electron chi connectivity index (χ1n) is 8.05. The first kappa shape index (κ1) is 15.2. The minimum Gasteiger partial charge on any atom is -0.507 e. The van der Waals surface area contributed by atoms with Crippen LogP contribution in [0.25, 0.3) is 33.4 Å². The molecule has 0 fully saturated rings. The summed E-state index contributed by atoms with van der Waals surface area (Å²) in [6, 6.07) is 22.2. The first-order valence-corrected chi connectivity index (χ1v) is 8.05. The van der Waals surface area contributed by atoms with E-state index >= 15 is 0 Å². The Labute approximate surface area is 144 Å². The Bertz CT molecular complexity index is 1110. The van der Waals surface area contributed by atoms with E-state index in [4.69, 9.17) is 4.42 Å². The van der Waals surface area contributed by atoms with Crippen LogP contribution in [0.3, 0.4) is 0 Å². The van der Waals surface area contributed by atoms with E-state index in [1.54, 1.807) is 12.1 Å². The third-order valence-corrected chi connectivity index (χ3v) is 4.25. The Morgan fingerprint density at radius 3 is 2.24 bits per heavy atom. The fourth-order valence-corrected chi connectivity index (χ4v) is 2.93. The number of phenols is 1. The molecular weight excluding hydrogens is 312 g/mol. The van der Waals surface area contributed by atoms with Crippen molar-refractivity contribution in [1.82, 2.24) is 0 Å². The van der Waals surface area contributed by atoms with Crippen molar-refractivity contribution in [1.29, 1.82) is 0 Å². The van der Waals surface area contributed by atoms with Crippen molar-refractivity contribution >= 4 is 11.0 Å². The van der Waals surface area contributed by atoms with Crippen LogP contribution in [0.2, 0.25) is 0 Å². The zero-order valence-corrected chi connectivity index (χ0v) is 13.7. The molecule has 3 nitrogen and oxygen atoms in total. The van der Waals surface area contributed by atoms with E-state index in [1.807, 2.05) is 61.5 Å². The molecule has 3 heteroatoms. The molecule has 25 heavy (non-hydrogen) atoms. The van der Waals surface area contributed by atoms with Crippen molar-refractivity contribution in [2.75, 3.05) is 0 Å². The predicted molar refractivity (Wildman–Crippen MR) is 99.8 cm³/mol. The normalized spacial score (nSPS) is 10.9. The molecule has 0 saturated heterocycles. The summed E-state index contributed by atoms with van der Waals surface area (Å²) in [5.41, 5.74) is 3.86. The van der Waals surface area contributed by atoms with Gasteiger partial charge in [0.15, 0.2) is 5.43 Å². The largest absolute Gasteiger partial charge is 0.507 e. The molecule has 1 heterocycles. The SMILES string of the molecule is Cc1ccc(-c2cc(O)c3c(=O)cc(-c4ccccc4)oc3c2)cc1. The molecule has 0 aliphatic carbocycles. The maximum absolute atomic E-state index is 12.5. The Morgan fingerprint density at radius 2 is 1.52 bits per heavy atom. The maximum atomic E-state index is 12.5. The summed E-state index contributed by atoms with van der Waals surface area (Å²) in [6.45, 7) is 2.02. The molecule has 0 radical (unpaired) electrons. The van der Waals surface area contributed by atoms with Gasteiger partial charge < -0.3 is 9.52 Å². The van der Waals surface area contributed by atoms with Crippen molar-refractivity contribution < 1.29 is 9.52 Å². The van der Waals surface area contributed by atoms with Crippen LogP contribution in [-0.4, -0.2) is 5.11 Å². The number of rotatable bonds is 2. The summed E-state index contributed by atoms with van der Waals surface area (Å²) in [7, 11) is 0. The standard InChI is InChI=1S/C22H16O3/c1-14-7-9-15(10-8-14)17-11-18(23)22-19(24)13-20(25-21(22)12-17)16-5-3-2-4-6-16/h2-13,23H,1H3. The molecule has 0 aliphatic heterocycles. The van der Waals surface area contributed by atoms with Crippen molar-refractivity contribution in [2.45, 2.75) is 6.92 Å². The highest BCUT2D eigenvalue weighted by molar-refractivity contribution is 5.89. The van der Waals surface area contributed by atoms with Gasteiger partial charge in [-0.1, -0.05) is 60.2 Å². The average molecular weight is 328 g/mol. The Balaban J connectivity index is 1.95. The number of hydrogen-bond acceptors (Lipinski definition) is 3. The summed E-state index contributed by atoms with van der Waals surface area (Å²) in [6.07, 6.45) is 0. The molecule has 3 aromatic carbocycles. The molecule has 4 aromatic rings. The molecular formula is C22H16O3. The van der Waals surface area contributed by atoms with Crippen LogP contribution in [0.1, 0.15) is 5.56 Å². The van der Waals surface area contributed by atoms with Crippen LogP contribution < -0.4 is 5.43 Å². The van der Waals surface area contributed by atoms with Gasteiger partial charge in [0, 0.05) is 11.6 Å². The molecule has 4 rings (SSSR count). The average Bonchev–Trinajstić information content (AvgIpc) is 2.62. The van der Waals surface area contributed by atoms with Gasteiger partial charge in [0.2, 0.25) is 0 Å². The summed E-state index contributed by atoms with van der Waals surface area (Å²) >= 11 is 0. The minimum absolute atomic E-state index is 0.0681. The van der Waals surface area contributed by atoms with Gasteiger partial charge in [-0.3, -0.25) is 4.79 Å². The van der Waals surface area contributed by atoms with E-state index in [0.717, 1.165) is 22.3 Å². The van der Waals surface area contributed by atoms with Gasteiger partial charge in [0.25, 0.3) is 0 Å². The molecule has 0 spiro atoms. The van der Waals surface area contributed by atoms with Crippen molar-refractivity contribution in [3.63, 3.8) is 0 Å². The Morgan fingerprint density at radius 1 is 0.800 bits per heavy atom. The second-order valence-electron chi connectivity index (χ2n) is 6.08. The highest BCUT2D eigenvalue weighted by Gasteiger charge is 2.13. The molecule has 0 atom stereocenters. The van der Waals surface area contributed by atoms with E-state index < -0.39 is 0 Å². The highest BCUT2D eigenvalue weighted by atomic mass is 16.3. The monoisotopic (exact) mass is 328 g/mol. The van der Waals surface area contributed by atoms with E-state index in [2.05, 4.69) is 0 Å². The number of aromatic hydroxyl groups is 1. The molecule has 122 valence electrons. The first-order chi connectivity index (χ1) is 12.1. The predicted octanol–water partition coefficient (Wildman–Crippen LogP) is 5.14. The zero-order valence-electron chi connectivity index (χ0n) is 13.7. The van der Waals surface area contributed by atoms with Gasteiger partial charge in [0.05, 0.1) is 0 Å². The third kappa shape index (κ3) is 2.81. The lowest BCUT2D eigenvalue weighted by atomic mass is 10.0. The van der Waals surface area contributed by atoms with Crippen LogP contribution in [0.5, 0.6) is 5.75 Å². The summed E-state index contributed by atoms with van der Waals surface area (Å²) in [5, 5.41) is 10.6. The second-order valence-corrected chi connectivity index (χ2v) is 6.08. The topological polar surface area (TPSA) is 50.4 Å². The third-order valence-electron chi connectivity index (χ3n) is 4.25. The molecule has 0 amide bonds. The lowest BCUT2D eigenvalue weighted by molar-refractivity contribution is 0.480. The van der Waals surface area contributed by atoms with Crippen LogP contribution >= 0.6 is 0 Å². The lowest BCUT2D eigenvalue weighted by Crippen LogP contribution is -2.01. The van der Waals surface area contributed by atoms with E-state index in [-0.39, 0.29) is 16.6 Å². The number of phenolic OH excluding ortho intramolecular Hbond substituents is 1. The van der Waals surface area contributed by atoms with Gasteiger partial charge >= 0.3 is 0 Å². The fourth-order valence-electron chi connectivity index (χ4n) is 2.93. The second kappa shape index (κ2) is 5.95. The molecule has 1 aromatic heterocycles. The molecule has 0 saturated carbocycles. The molecule has 0 aliphatic rings. The van der Waals surface area contributed by atoms with Crippen LogP contribution in [0.15, 0.2) is 82.0 Å². The van der Waals surface area contributed by atoms with Crippen LogP contribution in [0, 0.1) is 6.92 Å². The quantitative estimate of drug-likeness (QED) is 0.554. The fraction of sp³-hybridized carbons (Fsp3) is 0.0455. The molecule has 0 unspecified atom stereocenters. The number of fused-ring (bicyclic) bond motifs is 1. The van der Waals surface area contributed by atoms with E-state index in [1.165, 1.54) is 6.07 Å². The van der Waals surface area contributed by atoms with E-state index in [0.29, 0.717) is 11.3 Å². The molecule has 0 bridgehead atoms.